The van der Waals surface area contributed by atoms with E-state index >= 15 is 0 Å². The second kappa shape index (κ2) is 11.5. The molecule has 2 heterocycles. The summed E-state index contributed by atoms with van der Waals surface area (Å²) in [5.41, 5.74) is 14.9. The van der Waals surface area contributed by atoms with Crippen molar-refractivity contribution in [3.05, 3.63) is 175 Å². The average molecular weight is 639 g/mol. The molecule has 2 aromatic heterocycles. The molecule has 1 aliphatic rings. The van der Waals surface area contributed by atoms with E-state index < -0.39 is 0 Å². The third kappa shape index (κ3) is 4.75. The minimum absolute atomic E-state index is 0.905. The van der Waals surface area contributed by atoms with E-state index in [-0.39, 0.29) is 0 Å². The van der Waals surface area contributed by atoms with Crippen molar-refractivity contribution >= 4 is 39.0 Å². The van der Waals surface area contributed by atoms with Gasteiger partial charge in [0.15, 0.2) is 0 Å². The molecule has 0 saturated carbocycles. The highest BCUT2D eigenvalue weighted by atomic mass is 16.3. The lowest BCUT2D eigenvalue weighted by molar-refractivity contribution is 0.547. The normalized spacial score (nSPS) is 12.4. The van der Waals surface area contributed by atoms with E-state index in [1.807, 2.05) is 18.2 Å². The number of hydrogen-bond acceptors (Lipinski definition) is 2. The van der Waals surface area contributed by atoms with Crippen molar-refractivity contribution in [1.82, 2.24) is 0 Å². The number of benzene rings is 6. The monoisotopic (exact) mass is 638 g/mol. The molecule has 0 unspecified atom stereocenters. The van der Waals surface area contributed by atoms with E-state index in [9.17, 15) is 0 Å². The first-order valence-corrected chi connectivity index (χ1v) is 17.1. The zero-order chi connectivity index (χ0) is 33.0. The third-order valence-corrected chi connectivity index (χ3v) is 9.96. The molecule has 0 spiro atoms. The van der Waals surface area contributed by atoms with E-state index in [1.54, 1.807) is 0 Å². The summed E-state index contributed by atoms with van der Waals surface area (Å²) in [6, 6.07) is 58.3. The number of furan rings is 2. The smallest absolute Gasteiger partial charge is 0.143 e. The lowest BCUT2D eigenvalue weighted by Crippen LogP contribution is -1.88. The van der Waals surface area contributed by atoms with Crippen LogP contribution in [0.1, 0.15) is 17.7 Å². The number of rotatable bonds is 5. The van der Waals surface area contributed by atoms with Crippen LogP contribution in [0.15, 0.2) is 161 Å². The Bertz CT molecular complexity index is 2760. The minimum Gasteiger partial charge on any atom is -0.460 e. The molecule has 2 nitrogen and oxygen atoms in total. The van der Waals surface area contributed by atoms with Crippen LogP contribution in [0.4, 0.5) is 0 Å². The van der Waals surface area contributed by atoms with Gasteiger partial charge in [-0.15, -0.1) is 0 Å². The lowest BCUT2D eigenvalue weighted by atomic mass is 9.91. The summed E-state index contributed by atoms with van der Waals surface area (Å²) in [6.45, 7) is 0. The zero-order valence-corrected chi connectivity index (χ0v) is 27.2. The molecule has 9 aromatic rings. The molecule has 0 N–H and O–H groups in total. The van der Waals surface area contributed by atoms with Crippen molar-refractivity contribution in [2.45, 2.75) is 12.8 Å². The van der Waals surface area contributed by atoms with Gasteiger partial charge in [0, 0.05) is 44.8 Å². The Hall–Kier alpha value is -6.56. The van der Waals surface area contributed by atoms with E-state index in [0.29, 0.717) is 0 Å². The van der Waals surface area contributed by atoms with Crippen LogP contribution in [0, 0.1) is 12.1 Å². The second-order valence-electron chi connectivity index (χ2n) is 13.0. The second-order valence-corrected chi connectivity index (χ2v) is 13.0. The third-order valence-electron chi connectivity index (χ3n) is 9.96. The van der Waals surface area contributed by atoms with Gasteiger partial charge in [-0.05, 0) is 93.9 Å². The fraction of sp³-hybridized carbons (Fsp3) is 0.0417. The van der Waals surface area contributed by atoms with Crippen LogP contribution in [0.2, 0.25) is 0 Å². The Morgan fingerprint density at radius 3 is 2.04 bits per heavy atom. The summed E-state index contributed by atoms with van der Waals surface area (Å²) in [7, 11) is 0. The van der Waals surface area contributed by atoms with Crippen molar-refractivity contribution in [3.8, 4) is 55.6 Å². The van der Waals surface area contributed by atoms with Crippen molar-refractivity contribution in [1.29, 1.82) is 0 Å². The first kappa shape index (κ1) is 28.5. The van der Waals surface area contributed by atoms with E-state index in [1.165, 1.54) is 11.1 Å². The van der Waals surface area contributed by atoms with Gasteiger partial charge < -0.3 is 8.83 Å². The first-order valence-electron chi connectivity index (χ1n) is 17.1. The Labute approximate surface area is 290 Å². The highest BCUT2D eigenvalue weighted by molar-refractivity contribution is 6.09. The van der Waals surface area contributed by atoms with Crippen LogP contribution in [-0.2, 0) is 6.42 Å². The van der Waals surface area contributed by atoms with Gasteiger partial charge in [0.05, 0.1) is 0 Å². The van der Waals surface area contributed by atoms with E-state index in [4.69, 9.17) is 8.83 Å². The molecule has 2 heteroatoms. The molecule has 50 heavy (non-hydrogen) atoms. The van der Waals surface area contributed by atoms with E-state index in [2.05, 4.69) is 152 Å². The molecular weight excluding hydrogens is 609 g/mol. The Kier molecular flexibility index (Phi) is 6.57. The number of aryl methyl sites for hydroxylation is 1. The fourth-order valence-corrected chi connectivity index (χ4v) is 7.52. The van der Waals surface area contributed by atoms with Gasteiger partial charge in [-0.3, -0.25) is 0 Å². The van der Waals surface area contributed by atoms with Crippen LogP contribution in [0.25, 0.3) is 94.6 Å². The quantitative estimate of drug-likeness (QED) is 0.187. The number of fused-ring (bicyclic) bond motifs is 6. The summed E-state index contributed by atoms with van der Waals surface area (Å²) < 4.78 is 12.9. The SMILES string of the molecule is c1cc(-c2cc(-c3ccccc3)cc(-c3cccc(-c4cccc5c4oc4ccccc45)c3)c2)cc(-c2cccc3c4c(oc23)CCC=C4)c#1. The summed E-state index contributed by atoms with van der Waals surface area (Å²) >= 11 is 0. The molecule has 0 atom stereocenters. The number of para-hydroxylation sites is 3. The molecule has 0 aliphatic heterocycles. The van der Waals surface area contributed by atoms with Crippen LogP contribution >= 0.6 is 0 Å². The summed E-state index contributed by atoms with van der Waals surface area (Å²) in [5, 5.41) is 3.42. The van der Waals surface area contributed by atoms with E-state index in [0.717, 1.165) is 102 Å². The summed E-state index contributed by atoms with van der Waals surface area (Å²) in [6.07, 6.45) is 6.37. The Balaban J connectivity index is 1.11. The van der Waals surface area contributed by atoms with Crippen molar-refractivity contribution < 1.29 is 8.83 Å². The summed E-state index contributed by atoms with van der Waals surface area (Å²) in [4.78, 5) is 0. The van der Waals surface area contributed by atoms with Gasteiger partial charge in [-0.2, -0.15) is 0 Å². The zero-order valence-electron chi connectivity index (χ0n) is 27.2. The molecule has 0 bridgehead atoms. The highest BCUT2D eigenvalue weighted by Crippen LogP contribution is 2.40. The summed E-state index contributed by atoms with van der Waals surface area (Å²) in [5.74, 6) is 1.06. The molecule has 0 amide bonds. The molecule has 1 aliphatic carbocycles. The molecule has 0 fully saturated rings. The number of allylic oxidation sites excluding steroid dienone is 1. The predicted molar refractivity (Wildman–Crippen MR) is 206 cm³/mol. The lowest BCUT2D eigenvalue weighted by Gasteiger charge is -2.13. The Morgan fingerprint density at radius 1 is 0.480 bits per heavy atom. The van der Waals surface area contributed by atoms with Crippen molar-refractivity contribution in [2.24, 2.45) is 0 Å². The Morgan fingerprint density at radius 2 is 1.14 bits per heavy atom. The van der Waals surface area contributed by atoms with Crippen molar-refractivity contribution in [3.63, 3.8) is 0 Å². The van der Waals surface area contributed by atoms with Gasteiger partial charge in [-0.25, -0.2) is 0 Å². The molecular formula is C48H30O2. The van der Waals surface area contributed by atoms with Gasteiger partial charge in [0.25, 0.3) is 0 Å². The highest BCUT2D eigenvalue weighted by Gasteiger charge is 2.18. The largest absolute Gasteiger partial charge is 0.460 e. The molecule has 7 aromatic carbocycles. The average Bonchev–Trinajstić information content (AvgIpc) is 3.77. The topological polar surface area (TPSA) is 26.3 Å². The first-order chi connectivity index (χ1) is 24.8. The standard InChI is InChI=1S/C48H30O2/c1-2-12-31(13-3-1)36-28-37(32-14-8-16-34(26-32)39-20-10-22-43-41-18-4-6-24-45(41)49-47(39)43)30-38(29-36)33-15-9-17-35(27-33)40-21-11-23-44-42-19-5-7-25-46(42)50-48(40)44/h1-6,8,10-16,18-24,26-30H,7,25H2. The maximum absolute atomic E-state index is 6.48. The maximum Gasteiger partial charge on any atom is 0.143 e. The maximum atomic E-state index is 6.48. The van der Waals surface area contributed by atoms with Gasteiger partial charge in [0.1, 0.15) is 22.5 Å². The van der Waals surface area contributed by atoms with Gasteiger partial charge in [-0.1, -0.05) is 121 Å². The van der Waals surface area contributed by atoms with Gasteiger partial charge >= 0.3 is 0 Å². The molecule has 0 radical (unpaired) electrons. The number of hydrogen-bond donors (Lipinski definition) is 0. The minimum atomic E-state index is 0.905. The van der Waals surface area contributed by atoms with Crippen LogP contribution < -0.4 is 0 Å². The van der Waals surface area contributed by atoms with Crippen LogP contribution in [-0.4, -0.2) is 0 Å². The predicted octanol–water partition coefficient (Wildman–Crippen LogP) is 13.2. The molecule has 0 saturated heterocycles. The van der Waals surface area contributed by atoms with Crippen LogP contribution in [0.5, 0.6) is 0 Å². The fourth-order valence-electron chi connectivity index (χ4n) is 7.52. The van der Waals surface area contributed by atoms with Crippen molar-refractivity contribution in [2.75, 3.05) is 0 Å². The van der Waals surface area contributed by atoms with Crippen LogP contribution in [0.3, 0.4) is 0 Å². The molecule has 234 valence electrons. The molecule has 10 rings (SSSR count). The van der Waals surface area contributed by atoms with Gasteiger partial charge in [0.2, 0.25) is 0 Å².